The van der Waals surface area contributed by atoms with Crippen molar-refractivity contribution in [3.8, 4) is 5.75 Å². The van der Waals surface area contributed by atoms with Crippen molar-refractivity contribution in [2.45, 2.75) is 19.1 Å². The standard InChI is InChI=1S/C10H10F3NO2/c1-6(15)16-8-4-2-3-7(5-8)9(14)10(11,12)13/h2-5,9H,14H2,1H3/t9-/m1/s1. The highest BCUT2D eigenvalue weighted by molar-refractivity contribution is 5.69. The highest BCUT2D eigenvalue weighted by atomic mass is 19.4. The summed E-state index contributed by atoms with van der Waals surface area (Å²) in [6.07, 6.45) is -4.52. The SMILES string of the molecule is CC(=O)Oc1cccc([C@@H](N)C(F)(F)F)c1. The minimum atomic E-state index is -4.52. The lowest BCUT2D eigenvalue weighted by Gasteiger charge is -2.16. The summed E-state index contributed by atoms with van der Waals surface area (Å²) in [4.78, 5) is 10.6. The molecule has 0 amide bonds. The monoisotopic (exact) mass is 233 g/mol. The molecule has 0 saturated carbocycles. The van der Waals surface area contributed by atoms with E-state index in [1.807, 2.05) is 0 Å². The molecule has 0 aliphatic carbocycles. The van der Waals surface area contributed by atoms with Crippen molar-refractivity contribution in [2.75, 3.05) is 0 Å². The molecular formula is C10H10F3NO2. The van der Waals surface area contributed by atoms with Crippen molar-refractivity contribution < 1.29 is 22.7 Å². The molecule has 6 heteroatoms. The van der Waals surface area contributed by atoms with Gasteiger partial charge in [0.15, 0.2) is 0 Å². The molecule has 0 radical (unpaired) electrons. The van der Waals surface area contributed by atoms with Gasteiger partial charge in [-0.15, -0.1) is 0 Å². The molecule has 0 heterocycles. The first kappa shape index (κ1) is 12.5. The lowest BCUT2D eigenvalue weighted by atomic mass is 10.1. The van der Waals surface area contributed by atoms with Crippen LogP contribution in [0.4, 0.5) is 13.2 Å². The summed E-state index contributed by atoms with van der Waals surface area (Å²) in [7, 11) is 0. The van der Waals surface area contributed by atoms with Crippen molar-refractivity contribution in [3.05, 3.63) is 29.8 Å². The average molecular weight is 233 g/mol. The van der Waals surface area contributed by atoms with E-state index in [1.165, 1.54) is 18.2 Å². The van der Waals surface area contributed by atoms with Crippen molar-refractivity contribution in [1.82, 2.24) is 0 Å². The van der Waals surface area contributed by atoms with Crippen LogP contribution in [0, 0.1) is 0 Å². The van der Waals surface area contributed by atoms with Gasteiger partial charge in [0.25, 0.3) is 0 Å². The maximum Gasteiger partial charge on any atom is 0.407 e. The first-order valence-electron chi connectivity index (χ1n) is 4.41. The summed E-state index contributed by atoms with van der Waals surface area (Å²) >= 11 is 0. The summed E-state index contributed by atoms with van der Waals surface area (Å²) in [6, 6.07) is 2.97. The molecule has 1 aromatic rings. The third-order valence-corrected chi connectivity index (χ3v) is 1.83. The van der Waals surface area contributed by atoms with Gasteiger partial charge < -0.3 is 10.5 Å². The Labute approximate surface area is 90.0 Å². The maximum atomic E-state index is 12.3. The number of benzene rings is 1. The number of ether oxygens (including phenoxy) is 1. The Morgan fingerprint density at radius 2 is 2.06 bits per heavy atom. The zero-order chi connectivity index (χ0) is 12.3. The predicted octanol–water partition coefficient (Wildman–Crippen LogP) is 2.17. The van der Waals surface area contributed by atoms with Crippen LogP contribution in [0.5, 0.6) is 5.75 Å². The molecule has 3 nitrogen and oxygen atoms in total. The second-order valence-corrected chi connectivity index (χ2v) is 3.19. The van der Waals surface area contributed by atoms with Crippen LogP contribution in [0.3, 0.4) is 0 Å². The van der Waals surface area contributed by atoms with Crippen LogP contribution in [0.25, 0.3) is 0 Å². The number of nitrogens with two attached hydrogens (primary N) is 1. The lowest BCUT2D eigenvalue weighted by Crippen LogP contribution is -2.28. The predicted molar refractivity (Wildman–Crippen MR) is 50.7 cm³/mol. The Morgan fingerprint density at radius 1 is 1.44 bits per heavy atom. The highest BCUT2D eigenvalue weighted by Gasteiger charge is 2.37. The lowest BCUT2D eigenvalue weighted by molar-refractivity contribution is -0.149. The van der Waals surface area contributed by atoms with Crippen molar-refractivity contribution >= 4 is 5.97 Å². The third kappa shape index (κ3) is 3.23. The van der Waals surface area contributed by atoms with Gasteiger partial charge >= 0.3 is 12.1 Å². The van der Waals surface area contributed by atoms with Gasteiger partial charge in [0.2, 0.25) is 0 Å². The smallest absolute Gasteiger partial charge is 0.407 e. The molecule has 88 valence electrons. The molecule has 0 unspecified atom stereocenters. The molecule has 1 aromatic carbocycles. The van der Waals surface area contributed by atoms with E-state index in [0.717, 1.165) is 13.0 Å². The van der Waals surface area contributed by atoms with Gasteiger partial charge in [-0.2, -0.15) is 13.2 Å². The average Bonchev–Trinajstić information content (AvgIpc) is 2.14. The molecule has 16 heavy (non-hydrogen) atoms. The fourth-order valence-corrected chi connectivity index (χ4v) is 1.13. The first-order chi connectivity index (χ1) is 7.30. The molecular weight excluding hydrogens is 223 g/mol. The second-order valence-electron chi connectivity index (χ2n) is 3.19. The Balaban J connectivity index is 2.94. The van der Waals surface area contributed by atoms with Crippen molar-refractivity contribution in [3.63, 3.8) is 0 Å². The van der Waals surface area contributed by atoms with E-state index < -0.39 is 18.2 Å². The number of carbonyl (C=O) groups is 1. The minimum absolute atomic E-state index is 0.0460. The Hall–Kier alpha value is -1.56. The topological polar surface area (TPSA) is 52.3 Å². The van der Waals surface area contributed by atoms with Gasteiger partial charge in [-0.05, 0) is 17.7 Å². The van der Waals surface area contributed by atoms with Crippen LogP contribution in [-0.2, 0) is 4.79 Å². The van der Waals surface area contributed by atoms with Gasteiger partial charge in [0, 0.05) is 6.92 Å². The fourth-order valence-electron chi connectivity index (χ4n) is 1.13. The number of hydrogen-bond acceptors (Lipinski definition) is 3. The largest absolute Gasteiger partial charge is 0.427 e. The van der Waals surface area contributed by atoms with E-state index in [1.54, 1.807) is 0 Å². The molecule has 0 fully saturated rings. The van der Waals surface area contributed by atoms with Gasteiger partial charge in [-0.1, -0.05) is 12.1 Å². The van der Waals surface area contributed by atoms with E-state index in [2.05, 4.69) is 4.74 Å². The molecule has 0 bridgehead atoms. The van der Waals surface area contributed by atoms with E-state index in [4.69, 9.17) is 5.73 Å². The summed E-state index contributed by atoms with van der Waals surface area (Å²) in [6.45, 7) is 1.16. The molecule has 0 aliphatic rings. The zero-order valence-corrected chi connectivity index (χ0v) is 8.41. The molecule has 0 spiro atoms. The summed E-state index contributed by atoms with van der Waals surface area (Å²) in [5.41, 5.74) is 4.86. The van der Waals surface area contributed by atoms with Crippen LogP contribution in [0.1, 0.15) is 18.5 Å². The van der Waals surface area contributed by atoms with E-state index >= 15 is 0 Å². The number of alkyl halides is 3. The maximum absolute atomic E-state index is 12.3. The van der Waals surface area contributed by atoms with Crippen molar-refractivity contribution in [1.29, 1.82) is 0 Å². The van der Waals surface area contributed by atoms with E-state index in [-0.39, 0.29) is 11.3 Å². The van der Waals surface area contributed by atoms with Gasteiger partial charge in [0.05, 0.1) is 0 Å². The number of rotatable bonds is 2. The van der Waals surface area contributed by atoms with Crippen LogP contribution < -0.4 is 10.5 Å². The van der Waals surface area contributed by atoms with Gasteiger partial charge in [-0.25, -0.2) is 0 Å². The number of hydrogen-bond donors (Lipinski definition) is 1. The summed E-state index contributed by atoms with van der Waals surface area (Å²) < 4.78 is 41.5. The van der Waals surface area contributed by atoms with Crippen LogP contribution >= 0.6 is 0 Å². The number of carbonyl (C=O) groups excluding carboxylic acids is 1. The molecule has 0 aliphatic heterocycles. The number of esters is 1. The summed E-state index contributed by atoms with van der Waals surface area (Å²) in [5, 5.41) is 0. The zero-order valence-electron chi connectivity index (χ0n) is 8.41. The molecule has 0 aromatic heterocycles. The highest BCUT2D eigenvalue weighted by Crippen LogP contribution is 2.31. The van der Waals surface area contributed by atoms with Crippen LogP contribution in [0.2, 0.25) is 0 Å². The quantitative estimate of drug-likeness (QED) is 0.629. The Kier molecular flexibility index (Phi) is 3.54. The molecule has 1 atom stereocenters. The van der Waals surface area contributed by atoms with Gasteiger partial charge in [0.1, 0.15) is 11.8 Å². The fraction of sp³-hybridized carbons (Fsp3) is 0.300. The second kappa shape index (κ2) is 4.52. The Morgan fingerprint density at radius 3 is 2.56 bits per heavy atom. The number of halogens is 3. The Bertz CT molecular complexity index is 390. The minimum Gasteiger partial charge on any atom is -0.427 e. The molecule has 1 rings (SSSR count). The van der Waals surface area contributed by atoms with Crippen molar-refractivity contribution in [2.24, 2.45) is 5.73 Å². The van der Waals surface area contributed by atoms with Crippen LogP contribution in [0.15, 0.2) is 24.3 Å². The van der Waals surface area contributed by atoms with Gasteiger partial charge in [-0.3, -0.25) is 4.79 Å². The normalized spacial score (nSPS) is 13.3. The van der Waals surface area contributed by atoms with E-state index in [9.17, 15) is 18.0 Å². The summed E-state index contributed by atoms with van der Waals surface area (Å²) in [5.74, 6) is -0.553. The molecule has 0 saturated heterocycles. The first-order valence-corrected chi connectivity index (χ1v) is 4.41. The third-order valence-electron chi connectivity index (χ3n) is 1.83. The van der Waals surface area contributed by atoms with Crippen LogP contribution in [-0.4, -0.2) is 12.1 Å². The molecule has 2 N–H and O–H groups in total. The van der Waals surface area contributed by atoms with E-state index in [0.29, 0.717) is 0 Å².